The lowest BCUT2D eigenvalue weighted by Gasteiger charge is -2.03. The van der Waals surface area contributed by atoms with Gasteiger partial charge in [-0.1, -0.05) is 0 Å². The van der Waals surface area contributed by atoms with Gasteiger partial charge in [0.1, 0.15) is 12.2 Å². The zero-order valence-electron chi connectivity index (χ0n) is 13.2. The van der Waals surface area contributed by atoms with Gasteiger partial charge in [-0.15, -0.1) is 0 Å². The van der Waals surface area contributed by atoms with Crippen molar-refractivity contribution in [2.24, 2.45) is 7.05 Å². The van der Waals surface area contributed by atoms with Crippen LogP contribution in [0.15, 0.2) is 6.20 Å². The molecule has 0 spiro atoms. The number of hydrogen-bond donors (Lipinski definition) is 1. The van der Waals surface area contributed by atoms with Crippen LogP contribution in [-0.2, 0) is 24.9 Å². The fourth-order valence-electron chi connectivity index (χ4n) is 2.22. The molecule has 2 rings (SSSR count). The number of carbonyl (C=O) groups is 1. The van der Waals surface area contributed by atoms with Crippen molar-refractivity contribution < 1.29 is 14.6 Å². The second-order valence-corrected chi connectivity index (χ2v) is 5.12. The van der Waals surface area contributed by atoms with Crippen molar-refractivity contribution in [2.75, 3.05) is 0 Å². The van der Waals surface area contributed by atoms with Crippen molar-refractivity contribution in [2.45, 2.75) is 26.9 Å². The molecule has 0 aliphatic rings. The number of hydrogen-bond acceptors (Lipinski definition) is 7. The average Bonchev–Trinajstić information content (AvgIpc) is 2.97. The first kappa shape index (κ1) is 17.1. The molecule has 0 aliphatic heterocycles. The molecule has 0 fully saturated rings. The van der Waals surface area contributed by atoms with E-state index >= 15 is 0 Å². The highest BCUT2D eigenvalue weighted by Crippen LogP contribution is 2.28. The quantitative estimate of drug-likeness (QED) is 0.590. The summed E-state index contributed by atoms with van der Waals surface area (Å²) in [5.41, 5.74) is 0.814. The summed E-state index contributed by atoms with van der Waals surface area (Å²) in [5, 5.41) is 32.1. The van der Waals surface area contributed by atoms with Crippen LogP contribution in [0.25, 0.3) is 0 Å². The zero-order valence-corrected chi connectivity index (χ0v) is 13.2. The molecule has 12 heteroatoms. The Morgan fingerprint density at radius 1 is 1.25 bits per heavy atom. The van der Waals surface area contributed by atoms with Crippen LogP contribution in [0.2, 0.25) is 0 Å². The third-order valence-corrected chi connectivity index (χ3v) is 3.40. The van der Waals surface area contributed by atoms with Crippen LogP contribution in [0.1, 0.15) is 17.0 Å². The van der Waals surface area contributed by atoms with Gasteiger partial charge in [0.2, 0.25) is 5.91 Å². The van der Waals surface area contributed by atoms with Gasteiger partial charge >= 0.3 is 11.5 Å². The van der Waals surface area contributed by atoms with E-state index < -0.39 is 27.3 Å². The Kier molecular flexibility index (Phi) is 4.57. The number of rotatable bonds is 6. The molecule has 2 heterocycles. The Hall–Kier alpha value is -3.31. The number of aryl methyl sites for hydroxylation is 2. The molecule has 128 valence electrons. The van der Waals surface area contributed by atoms with E-state index in [0.717, 1.165) is 15.9 Å². The molecule has 1 N–H and O–H groups in total. The Labute approximate surface area is 135 Å². The minimum Gasteiger partial charge on any atom is -0.358 e. The molecule has 0 aliphatic carbocycles. The summed E-state index contributed by atoms with van der Waals surface area (Å²) in [6.45, 7) is 2.96. The number of nitrogens with one attached hydrogen (secondary N) is 1. The Bertz CT molecular complexity index is 822. The van der Waals surface area contributed by atoms with Gasteiger partial charge in [0, 0.05) is 25.4 Å². The van der Waals surface area contributed by atoms with Crippen LogP contribution in [0.4, 0.5) is 11.5 Å². The van der Waals surface area contributed by atoms with Crippen LogP contribution in [0, 0.1) is 34.1 Å². The molecule has 0 atom stereocenters. The third kappa shape index (κ3) is 3.37. The maximum atomic E-state index is 12.0. The van der Waals surface area contributed by atoms with E-state index in [2.05, 4.69) is 15.5 Å². The number of nitrogens with zero attached hydrogens (tertiary/aromatic N) is 6. The first-order chi connectivity index (χ1) is 11.2. The second-order valence-electron chi connectivity index (χ2n) is 5.12. The van der Waals surface area contributed by atoms with Gasteiger partial charge in [0.15, 0.2) is 0 Å². The van der Waals surface area contributed by atoms with E-state index in [1.54, 1.807) is 24.9 Å². The minimum absolute atomic E-state index is 0.0561. The highest BCUT2D eigenvalue weighted by atomic mass is 16.6. The predicted molar refractivity (Wildman–Crippen MR) is 80.1 cm³/mol. The molecular formula is C12H15N7O5. The Balaban J connectivity index is 2.11. The Morgan fingerprint density at radius 3 is 2.38 bits per heavy atom. The number of carbonyl (C=O) groups excluding carboxylic acids is 1. The van der Waals surface area contributed by atoms with Crippen molar-refractivity contribution in [3.8, 4) is 0 Å². The van der Waals surface area contributed by atoms with Gasteiger partial charge in [-0.3, -0.25) is 19.6 Å². The molecule has 0 saturated carbocycles. The van der Waals surface area contributed by atoms with E-state index in [0.29, 0.717) is 0 Å². The van der Waals surface area contributed by atoms with Crippen molar-refractivity contribution in [3.05, 3.63) is 43.4 Å². The van der Waals surface area contributed by atoms with E-state index in [9.17, 15) is 25.0 Å². The van der Waals surface area contributed by atoms with Crippen LogP contribution in [0.5, 0.6) is 0 Å². The normalized spacial score (nSPS) is 10.6. The first-order valence-electron chi connectivity index (χ1n) is 6.82. The summed E-state index contributed by atoms with van der Waals surface area (Å²) < 4.78 is 2.56. The molecular weight excluding hydrogens is 322 g/mol. The minimum atomic E-state index is -0.946. The van der Waals surface area contributed by atoms with Crippen LogP contribution in [0.3, 0.4) is 0 Å². The van der Waals surface area contributed by atoms with Gasteiger partial charge in [0.05, 0.1) is 15.7 Å². The predicted octanol–water partition coefficient (Wildman–Crippen LogP) is 0.366. The largest absolute Gasteiger partial charge is 0.468 e. The van der Waals surface area contributed by atoms with Gasteiger partial charge in [-0.2, -0.15) is 9.78 Å². The number of nitro groups is 2. The molecule has 12 nitrogen and oxygen atoms in total. The highest BCUT2D eigenvalue weighted by molar-refractivity contribution is 5.76. The summed E-state index contributed by atoms with van der Waals surface area (Å²) in [5.74, 6) is -1.36. The third-order valence-electron chi connectivity index (χ3n) is 3.40. The second kappa shape index (κ2) is 6.44. The van der Waals surface area contributed by atoms with Crippen LogP contribution in [-0.4, -0.2) is 35.3 Å². The highest BCUT2D eigenvalue weighted by Gasteiger charge is 2.35. The van der Waals surface area contributed by atoms with Crippen LogP contribution >= 0.6 is 0 Å². The summed E-state index contributed by atoms with van der Waals surface area (Å²) in [6.07, 6.45) is 1.75. The number of amides is 1. The lowest BCUT2D eigenvalue weighted by molar-refractivity contribution is -0.424. The van der Waals surface area contributed by atoms with E-state index in [1.165, 1.54) is 6.92 Å². The van der Waals surface area contributed by atoms with E-state index in [4.69, 9.17) is 0 Å². The SMILES string of the molecule is Cc1nn(C)cc1CNC(=O)Cn1nc([N+](=O)[O-])c([N+](=O)[O-])c1C. The monoisotopic (exact) mass is 337 g/mol. The Morgan fingerprint density at radius 2 is 1.92 bits per heavy atom. The molecule has 0 unspecified atom stereocenters. The van der Waals surface area contributed by atoms with E-state index in [1.807, 2.05) is 0 Å². The van der Waals surface area contributed by atoms with Gasteiger partial charge in [-0.05, 0) is 18.8 Å². The first-order valence-corrected chi connectivity index (χ1v) is 6.82. The molecule has 1 amide bonds. The lowest BCUT2D eigenvalue weighted by Crippen LogP contribution is -2.28. The molecule has 2 aromatic rings. The molecule has 0 saturated heterocycles. The zero-order chi connectivity index (χ0) is 18.0. The molecule has 0 radical (unpaired) electrons. The summed E-state index contributed by atoms with van der Waals surface area (Å²) in [4.78, 5) is 31.9. The fourth-order valence-corrected chi connectivity index (χ4v) is 2.22. The van der Waals surface area contributed by atoms with Crippen molar-refractivity contribution in [3.63, 3.8) is 0 Å². The summed E-state index contributed by atoms with van der Waals surface area (Å²) in [7, 11) is 1.75. The van der Waals surface area contributed by atoms with Gasteiger partial charge in [-0.25, -0.2) is 0 Å². The smallest absolute Gasteiger partial charge is 0.358 e. The average molecular weight is 337 g/mol. The maximum absolute atomic E-state index is 12.0. The maximum Gasteiger partial charge on any atom is 0.468 e. The molecule has 2 aromatic heterocycles. The summed E-state index contributed by atoms with van der Waals surface area (Å²) in [6, 6.07) is 0. The van der Waals surface area contributed by atoms with Crippen molar-refractivity contribution in [1.82, 2.24) is 24.9 Å². The standard InChI is InChI=1S/C12H15N7O5/c1-7-9(5-16(3)14-7)4-13-10(20)6-17-8(2)11(18(21)22)12(15-17)19(23)24/h5H,4,6H2,1-3H3,(H,13,20). The van der Waals surface area contributed by atoms with Crippen molar-refractivity contribution >= 4 is 17.4 Å². The number of aromatic nitrogens is 4. The fraction of sp³-hybridized carbons (Fsp3) is 0.417. The van der Waals surface area contributed by atoms with Crippen LogP contribution < -0.4 is 5.32 Å². The molecule has 0 aromatic carbocycles. The van der Waals surface area contributed by atoms with Gasteiger partial charge < -0.3 is 15.4 Å². The molecule has 24 heavy (non-hydrogen) atoms. The summed E-state index contributed by atoms with van der Waals surface area (Å²) >= 11 is 0. The van der Waals surface area contributed by atoms with Crippen molar-refractivity contribution in [1.29, 1.82) is 0 Å². The topological polar surface area (TPSA) is 151 Å². The molecule has 0 bridgehead atoms. The van der Waals surface area contributed by atoms with Gasteiger partial charge in [0.25, 0.3) is 0 Å². The lowest BCUT2D eigenvalue weighted by atomic mass is 10.2. The van der Waals surface area contributed by atoms with E-state index in [-0.39, 0.29) is 18.8 Å².